The van der Waals surface area contributed by atoms with Crippen molar-refractivity contribution in [3.8, 4) is 33.4 Å². The molecular formula is C60H37NS2. The van der Waals surface area contributed by atoms with E-state index in [0.29, 0.717) is 0 Å². The summed E-state index contributed by atoms with van der Waals surface area (Å²) in [5.41, 5.74) is 10.9. The Hall–Kier alpha value is -7.56. The fraction of sp³-hybridized carbons (Fsp3) is 0. The van der Waals surface area contributed by atoms with Gasteiger partial charge in [-0.05, 0) is 108 Å². The van der Waals surface area contributed by atoms with Crippen LogP contribution in [0.3, 0.4) is 0 Å². The molecule has 11 aromatic carbocycles. The molecule has 0 aliphatic rings. The second-order valence-corrected chi connectivity index (χ2v) is 18.5. The van der Waals surface area contributed by atoms with E-state index in [1.165, 1.54) is 112 Å². The van der Waals surface area contributed by atoms with E-state index in [4.69, 9.17) is 0 Å². The Bertz CT molecular complexity index is 3910. The number of benzene rings is 11. The maximum Gasteiger partial charge on any atom is 0.0640 e. The zero-order chi connectivity index (χ0) is 41.4. The highest BCUT2D eigenvalue weighted by Gasteiger charge is 2.21. The average molecular weight is 836 g/mol. The summed E-state index contributed by atoms with van der Waals surface area (Å²) in [4.78, 5) is 2.46. The summed E-state index contributed by atoms with van der Waals surface area (Å²) in [6.07, 6.45) is 0. The molecular weight excluding hydrogens is 799 g/mol. The van der Waals surface area contributed by atoms with Gasteiger partial charge in [-0.1, -0.05) is 182 Å². The molecule has 294 valence electrons. The largest absolute Gasteiger partial charge is 0.309 e. The molecule has 13 rings (SSSR count). The number of rotatable bonds is 6. The number of fused-ring (bicyclic) bond motifs is 10. The van der Waals surface area contributed by atoms with E-state index < -0.39 is 0 Å². The normalized spacial score (nSPS) is 11.8. The Balaban J connectivity index is 0.965. The first-order valence-corrected chi connectivity index (χ1v) is 23.1. The van der Waals surface area contributed by atoms with Crippen LogP contribution in [0.4, 0.5) is 17.1 Å². The summed E-state index contributed by atoms with van der Waals surface area (Å²) in [5, 5.41) is 12.7. The van der Waals surface area contributed by atoms with Crippen molar-refractivity contribution < 1.29 is 0 Å². The van der Waals surface area contributed by atoms with E-state index in [9.17, 15) is 0 Å². The van der Waals surface area contributed by atoms with Gasteiger partial charge in [-0.2, -0.15) is 0 Å². The van der Waals surface area contributed by atoms with Crippen molar-refractivity contribution in [1.82, 2.24) is 0 Å². The molecule has 0 radical (unpaired) electrons. The summed E-state index contributed by atoms with van der Waals surface area (Å²) >= 11 is 3.78. The number of hydrogen-bond donors (Lipinski definition) is 0. The molecule has 0 fully saturated rings. The van der Waals surface area contributed by atoms with E-state index in [2.05, 4.69) is 229 Å². The average Bonchev–Trinajstić information content (AvgIpc) is 3.94. The highest BCUT2D eigenvalue weighted by molar-refractivity contribution is 7.27. The molecule has 0 N–H and O–H groups in total. The molecule has 2 aromatic heterocycles. The van der Waals surface area contributed by atoms with Crippen LogP contribution in [0.25, 0.3) is 106 Å². The van der Waals surface area contributed by atoms with Crippen LogP contribution in [0.5, 0.6) is 0 Å². The second kappa shape index (κ2) is 14.5. The first kappa shape index (κ1) is 36.1. The van der Waals surface area contributed by atoms with Crippen LogP contribution in [-0.2, 0) is 0 Å². The Labute approximate surface area is 373 Å². The molecule has 0 aliphatic heterocycles. The van der Waals surface area contributed by atoms with Gasteiger partial charge in [-0.15, -0.1) is 22.7 Å². The summed E-state index contributed by atoms with van der Waals surface area (Å²) in [7, 11) is 0. The Kier molecular flexibility index (Phi) is 8.33. The van der Waals surface area contributed by atoms with Crippen molar-refractivity contribution >= 4 is 112 Å². The van der Waals surface area contributed by atoms with E-state index in [1.807, 2.05) is 22.7 Å². The van der Waals surface area contributed by atoms with Gasteiger partial charge in [-0.3, -0.25) is 0 Å². The highest BCUT2D eigenvalue weighted by Crippen LogP contribution is 2.48. The van der Waals surface area contributed by atoms with Gasteiger partial charge in [0.2, 0.25) is 0 Å². The fourth-order valence-corrected chi connectivity index (χ4v) is 12.4. The first-order chi connectivity index (χ1) is 31.2. The Morgan fingerprint density at radius 1 is 0.270 bits per heavy atom. The van der Waals surface area contributed by atoms with Gasteiger partial charge >= 0.3 is 0 Å². The molecule has 1 nitrogen and oxygen atoms in total. The molecule has 0 bridgehead atoms. The minimum Gasteiger partial charge on any atom is -0.309 e. The van der Waals surface area contributed by atoms with Crippen LogP contribution in [0, 0.1) is 0 Å². The number of thiophene rings is 2. The van der Waals surface area contributed by atoms with Gasteiger partial charge in [0.15, 0.2) is 0 Å². The highest BCUT2D eigenvalue weighted by atomic mass is 32.1. The van der Waals surface area contributed by atoms with Gasteiger partial charge in [-0.25, -0.2) is 0 Å². The van der Waals surface area contributed by atoms with Crippen LogP contribution in [0.1, 0.15) is 0 Å². The third-order valence-electron chi connectivity index (χ3n) is 12.8. The van der Waals surface area contributed by atoms with Crippen molar-refractivity contribution in [1.29, 1.82) is 0 Å². The summed E-state index contributed by atoms with van der Waals surface area (Å²) in [5.74, 6) is 0. The van der Waals surface area contributed by atoms with Gasteiger partial charge in [0, 0.05) is 47.0 Å². The monoisotopic (exact) mass is 835 g/mol. The lowest BCUT2D eigenvalue weighted by Gasteiger charge is -2.27. The van der Waals surface area contributed by atoms with E-state index in [0.717, 1.165) is 11.4 Å². The molecule has 0 spiro atoms. The molecule has 63 heavy (non-hydrogen) atoms. The van der Waals surface area contributed by atoms with E-state index >= 15 is 0 Å². The predicted molar refractivity (Wildman–Crippen MR) is 276 cm³/mol. The summed E-state index contributed by atoms with van der Waals surface area (Å²) in [6, 6.07) is 82.9. The van der Waals surface area contributed by atoms with Gasteiger partial charge in [0.25, 0.3) is 0 Å². The van der Waals surface area contributed by atoms with Crippen LogP contribution in [0.15, 0.2) is 224 Å². The fourth-order valence-electron chi connectivity index (χ4n) is 9.86. The molecule has 0 amide bonds. The van der Waals surface area contributed by atoms with Gasteiger partial charge in [0.1, 0.15) is 0 Å². The molecule has 0 aliphatic carbocycles. The Morgan fingerprint density at radius 3 is 1.63 bits per heavy atom. The topological polar surface area (TPSA) is 3.24 Å². The lowest BCUT2D eigenvalue weighted by molar-refractivity contribution is 1.31. The van der Waals surface area contributed by atoms with Crippen molar-refractivity contribution in [3.63, 3.8) is 0 Å². The minimum absolute atomic E-state index is 1.12. The molecule has 13 aromatic rings. The predicted octanol–water partition coefficient (Wildman–Crippen LogP) is 18.4. The van der Waals surface area contributed by atoms with Crippen LogP contribution in [-0.4, -0.2) is 0 Å². The van der Waals surface area contributed by atoms with Crippen molar-refractivity contribution in [3.05, 3.63) is 224 Å². The maximum absolute atomic E-state index is 2.46. The molecule has 3 heteroatoms. The summed E-state index contributed by atoms with van der Waals surface area (Å²) < 4.78 is 5.26. The quantitative estimate of drug-likeness (QED) is 0.151. The lowest BCUT2D eigenvalue weighted by atomic mass is 9.96. The van der Waals surface area contributed by atoms with Crippen molar-refractivity contribution in [2.45, 2.75) is 0 Å². The molecule has 2 heterocycles. The first-order valence-electron chi connectivity index (χ1n) is 21.5. The van der Waals surface area contributed by atoms with Crippen LogP contribution in [0.2, 0.25) is 0 Å². The Morgan fingerprint density at radius 2 is 0.810 bits per heavy atom. The smallest absolute Gasteiger partial charge is 0.0640 e. The van der Waals surface area contributed by atoms with Gasteiger partial charge in [0.05, 0.1) is 10.4 Å². The van der Waals surface area contributed by atoms with Crippen molar-refractivity contribution in [2.75, 3.05) is 4.90 Å². The standard InChI is InChI=1S/C60H37NS2/c1-2-12-39(13-3-1)50-19-9-22-54-55-23-11-24-56(60(55)63-59(50)54)61(44-31-28-40(29-32-44)47-18-8-15-38-14-4-5-16-46(38)47)45-33-35-49-43(37-45)27-26-41-36-42(30-34-48(41)49)51-20-10-21-53-52-17-6-7-25-57(52)62-58(51)53/h1-37H. The SMILES string of the molecule is c1ccc(-c2cccc3c2sc2c(N(c4ccc(-c5cccc6ccccc56)cc4)c4ccc5c(ccc6cc(-c7cccc8c7sc7ccccc78)ccc65)c4)cccc23)cc1. The third-order valence-corrected chi connectivity index (χ3v) is 15.3. The lowest BCUT2D eigenvalue weighted by Crippen LogP contribution is -2.10. The molecule has 0 atom stereocenters. The number of hydrogen-bond acceptors (Lipinski definition) is 3. The number of anilines is 3. The molecule has 0 saturated heterocycles. The summed E-state index contributed by atoms with van der Waals surface area (Å²) in [6.45, 7) is 0. The zero-order valence-corrected chi connectivity index (χ0v) is 35.8. The second-order valence-electron chi connectivity index (χ2n) is 16.4. The van der Waals surface area contributed by atoms with Crippen LogP contribution < -0.4 is 4.90 Å². The minimum atomic E-state index is 1.12. The third kappa shape index (κ3) is 5.89. The number of nitrogens with zero attached hydrogens (tertiary/aromatic N) is 1. The van der Waals surface area contributed by atoms with Gasteiger partial charge < -0.3 is 4.90 Å². The zero-order valence-electron chi connectivity index (χ0n) is 34.1. The molecule has 0 unspecified atom stereocenters. The maximum atomic E-state index is 2.46. The van der Waals surface area contributed by atoms with E-state index in [1.54, 1.807) is 0 Å². The van der Waals surface area contributed by atoms with Crippen LogP contribution >= 0.6 is 22.7 Å². The molecule has 0 saturated carbocycles. The van der Waals surface area contributed by atoms with Crippen molar-refractivity contribution in [2.24, 2.45) is 0 Å². The van der Waals surface area contributed by atoms with E-state index in [-0.39, 0.29) is 0 Å².